The van der Waals surface area contributed by atoms with Gasteiger partial charge < -0.3 is 14.6 Å². The molecule has 1 rings (SSSR count). The van der Waals surface area contributed by atoms with Gasteiger partial charge in [0.15, 0.2) is 0 Å². The summed E-state index contributed by atoms with van der Waals surface area (Å²) in [4.78, 5) is 34.1. The molecule has 1 N–H and O–H groups in total. The zero-order valence-electron chi connectivity index (χ0n) is 15.9. The van der Waals surface area contributed by atoms with Crippen LogP contribution in [0.1, 0.15) is 32.6 Å². The Morgan fingerprint density at radius 1 is 1.11 bits per heavy atom. The van der Waals surface area contributed by atoms with E-state index in [1.165, 1.54) is 42.5 Å². The molecule has 150 valence electrons. The molecule has 1 aliphatic heterocycles. The lowest BCUT2D eigenvalue weighted by Gasteiger charge is -2.12. The van der Waals surface area contributed by atoms with E-state index < -0.39 is 24.0 Å². The summed E-state index contributed by atoms with van der Waals surface area (Å²) in [6.07, 6.45) is 20.8. The van der Waals surface area contributed by atoms with Crippen molar-refractivity contribution in [1.82, 2.24) is 0 Å². The number of allylic oxidation sites excluding steroid dienone is 7. The Morgan fingerprint density at radius 2 is 1.86 bits per heavy atom. The lowest BCUT2D eigenvalue weighted by Crippen LogP contribution is -2.15. The van der Waals surface area contributed by atoms with Gasteiger partial charge in [-0.15, -0.1) is 0 Å². The topological polar surface area (TPSA) is 89.9 Å². The molecule has 0 bridgehead atoms. The maximum Gasteiger partial charge on any atom is 0.331 e. The number of carboxylic acids is 1. The molecule has 0 aromatic heterocycles. The highest BCUT2D eigenvalue weighted by atomic mass is 16.5. The first-order valence-corrected chi connectivity index (χ1v) is 9.13. The molecule has 2 atom stereocenters. The van der Waals surface area contributed by atoms with Crippen LogP contribution in [0.5, 0.6) is 0 Å². The summed E-state index contributed by atoms with van der Waals surface area (Å²) in [7, 11) is 0. The van der Waals surface area contributed by atoms with E-state index in [0.717, 1.165) is 25.3 Å². The van der Waals surface area contributed by atoms with Crippen LogP contribution in [0.2, 0.25) is 0 Å². The number of carbonyl (C=O) groups excluding carboxylic acids is 2. The van der Waals surface area contributed by atoms with Crippen molar-refractivity contribution in [2.45, 2.75) is 44.8 Å². The van der Waals surface area contributed by atoms with Gasteiger partial charge in [-0.3, -0.25) is 0 Å². The molecule has 0 radical (unpaired) electrons. The number of ether oxygens (including phenoxy) is 2. The predicted octanol–water partition coefficient (Wildman–Crippen LogP) is 3.83. The Labute approximate surface area is 165 Å². The predicted molar refractivity (Wildman–Crippen MR) is 106 cm³/mol. The molecule has 0 aliphatic carbocycles. The van der Waals surface area contributed by atoms with Crippen LogP contribution in [0.25, 0.3) is 0 Å². The van der Waals surface area contributed by atoms with Crippen molar-refractivity contribution in [3.63, 3.8) is 0 Å². The minimum Gasteiger partial charge on any atom is -0.478 e. The Bertz CT molecular complexity index is 694. The summed E-state index contributed by atoms with van der Waals surface area (Å²) >= 11 is 0. The molecule has 28 heavy (non-hydrogen) atoms. The molecular formula is C22H26O6. The van der Waals surface area contributed by atoms with Crippen LogP contribution in [-0.2, 0) is 23.9 Å². The summed E-state index contributed by atoms with van der Waals surface area (Å²) in [5.41, 5.74) is 0. The first-order chi connectivity index (χ1) is 13.5. The normalized spacial score (nSPS) is 25.2. The molecule has 6 heteroatoms. The first-order valence-electron chi connectivity index (χ1n) is 9.13. The van der Waals surface area contributed by atoms with Gasteiger partial charge in [0.2, 0.25) is 0 Å². The van der Waals surface area contributed by atoms with Crippen molar-refractivity contribution in [3.05, 3.63) is 72.9 Å². The van der Waals surface area contributed by atoms with Crippen molar-refractivity contribution >= 4 is 17.9 Å². The number of aliphatic carboxylic acids is 1. The highest BCUT2D eigenvalue weighted by molar-refractivity contribution is 5.84. The maximum atomic E-state index is 11.9. The van der Waals surface area contributed by atoms with E-state index in [4.69, 9.17) is 14.6 Å². The molecule has 0 aromatic carbocycles. The summed E-state index contributed by atoms with van der Waals surface area (Å²) in [5, 5.41) is 8.45. The second-order valence-electron chi connectivity index (χ2n) is 6.02. The number of esters is 2. The number of cyclic esters (lactones) is 1. The van der Waals surface area contributed by atoms with E-state index in [1.807, 2.05) is 19.1 Å². The van der Waals surface area contributed by atoms with Gasteiger partial charge >= 0.3 is 17.9 Å². The molecule has 0 saturated carbocycles. The molecule has 0 spiro atoms. The molecular weight excluding hydrogens is 360 g/mol. The van der Waals surface area contributed by atoms with Crippen LogP contribution in [-0.4, -0.2) is 35.2 Å². The van der Waals surface area contributed by atoms with Gasteiger partial charge in [0.25, 0.3) is 0 Å². The van der Waals surface area contributed by atoms with Crippen molar-refractivity contribution < 1.29 is 29.0 Å². The maximum absolute atomic E-state index is 11.9. The van der Waals surface area contributed by atoms with Crippen molar-refractivity contribution in [1.29, 1.82) is 0 Å². The number of hydrogen-bond donors (Lipinski definition) is 1. The summed E-state index contributed by atoms with van der Waals surface area (Å²) in [5.74, 6) is -2.12. The van der Waals surface area contributed by atoms with E-state index in [-0.39, 0.29) is 6.10 Å². The fourth-order valence-corrected chi connectivity index (χ4v) is 2.21. The minimum atomic E-state index is -1.05. The van der Waals surface area contributed by atoms with Gasteiger partial charge in [-0.05, 0) is 44.8 Å². The largest absolute Gasteiger partial charge is 0.478 e. The molecule has 0 aromatic rings. The van der Waals surface area contributed by atoms with E-state index in [2.05, 4.69) is 6.08 Å². The summed E-state index contributed by atoms with van der Waals surface area (Å²) in [6.45, 7) is 1.85. The number of rotatable bonds is 5. The van der Waals surface area contributed by atoms with Crippen LogP contribution < -0.4 is 0 Å². The van der Waals surface area contributed by atoms with Gasteiger partial charge in [-0.25, -0.2) is 14.4 Å². The minimum absolute atomic E-state index is 0.171. The Balaban J connectivity index is 2.69. The van der Waals surface area contributed by atoms with E-state index >= 15 is 0 Å². The molecule has 0 saturated heterocycles. The van der Waals surface area contributed by atoms with Crippen LogP contribution in [0.4, 0.5) is 0 Å². The van der Waals surface area contributed by atoms with E-state index in [9.17, 15) is 14.4 Å². The number of carbonyl (C=O) groups is 3. The second kappa shape index (κ2) is 14.0. The fourth-order valence-electron chi connectivity index (χ4n) is 2.21. The van der Waals surface area contributed by atoms with Gasteiger partial charge in [0.1, 0.15) is 6.10 Å². The zero-order chi connectivity index (χ0) is 20.6. The average molecular weight is 386 g/mol. The third-order valence-corrected chi connectivity index (χ3v) is 3.54. The van der Waals surface area contributed by atoms with Crippen molar-refractivity contribution in [2.24, 2.45) is 0 Å². The van der Waals surface area contributed by atoms with Gasteiger partial charge in [0, 0.05) is 18.2 Å². The van der Waals surface area contributed by atoms with Gasteiger partial charge in [-0.2, -0.15) is 0 Å². The second-order valence-corrected chi connectivity index (χ2v) is 6.02. The van der Waals surface area contributed by atoms with E-state index in [0.29, 0.717) is 6.42 Å². The lowest BCUT2D eigenvalue weighted by atomic mass is 10.1. The monoisotopic (exact) mass is 386 g/mol. The molecule has 1 heterocycles. The Kier molecular flexibility index (Phi) is 11.4. The van der Waals surface area contributed by atoms with Crippen LogP contribution in [0.15, 0.2) is 72.9 Å². The lowest BCUT2D eigenvalue weighted by molar-refractivity contribution is -0.143. The van der Waals surface area contributed by atoms with Crippen LogP contribution in [0, 0.1) is 0 Å². The standard InChI is InChI=1S/C22H26O6/c1-18-12-8-4-2-3-5-9-13-19(16-17-22(26)27-18)28-21(25)15-11-7-6-10-14-20(23)24/h2-3,6-7,9-11,13-19H,4-5,8,12H2,1H3,(H,23,24)/b3-2-,7-6+,13-9-,14-10+,15-11-,17-16-. The molecule has 0 fully saturated rings. The zero-order valence-corrected chi connectivity index (χ0v) is 15.9. The third kappa shape index (κ3) is 12.2. The van der Waals surface area contributed by atoms with Crippen LogP contribution >= 0.6 is 0 Å². The molecule has 1 aliphatic rings. The van der Waals surface area contributed by atoms with Crippen LogP contribution in [0.3, 0.4) is 0 Å². The number of hydrogen-bond acceptors (Lipinski definition) is 5. The molecule has 2 unspecified atom stereocenters. The molecule has 0 amide bonds. The first kappa shape index (κ1) is 22.9. The summed E-state index contributed by atoms with van der Waals surface area (Å²) in [6, 6.07) is 0. The highest BCUT2D eigenvalue weighted by Gasteiger charge is 2.09. The van der Waals surface area contributed by atoms with Gasteiger partial charge in [-0.1, -0.05) is 42.5 Å². The highest BCUT2D eigenvalue weighted by Crippen LogP contribution is 2.08. The SMILES string of the molecule is CC1CCC/C=C\C/C=C\C(OC(=O)\C=C/C=C/C=C/C(=O)O)/C=C\C(=O)O1. The average Bonchev–Trinajstić information content (AvgIpc) is 2.63. The van der Waals surface area contributed by atoms with Crippen molar-refractivity contribution in [2.75, 3.05) is 0 Å². The fraction of sp³-hybridized carbons (Fsp3) is 0.318. The third-order valence-electron chi connectivity index (χ3n) is 3.54. The Hall–Kier alpha value is -3.15. The number of carboxylic acid groups (broad SMARTS) is 1. The van der Waals surface area contributed by atoms with E-state index in [1.54, 1.807) is 6.08 Å². The summed E-state index contributed by atoms with van der Waals surface area (Å²) < 4.78 is 10.6. The van der Waals surface area contributed by atoms with Gasteiger partial charge in [0.05, 0.1) is 6.10 Å². The molecule has 6 nitrogen and oxygen atoms in total. The van der Waals surface area contributed by atoms with Crippen molar-refractivity contribution in [3.8, 4) is 0 Å². The Morgan fingerprint density at radius 3 is 2.61 bits per heavy atom. The smallest absolute Gasteiger partial charge is 0.331 e. The quantitative estimate of drug-likeness (QED) is 0.334.